The number of carbonyl (C=O) groups excluding carboxylic acids is 1. The van der Waals surface area contributed by atoms with Gasteiger partial charge in [-0.05, 0) is 50.1 Å². The van der Waals surface area contributed by atoms with Crippen molar-refractivity contribution in [1.29, 1.82) is 0 Å². The number of rotatable bonds is 8. The van der Waals surface area contributed by atoms with Gasteiger partial charge in [0, 0.05) is 12.5 Å². The van der Waals surface area contributed by atoms with Crippen molar-refractivity contribution in [2.24, 2.45) is 0 Å². The summed E-state index contributed by atoms with van der Waals surface area (Å²) in [6, 6.07) is 15.2. The Morgan fingerprint density at radius 2 is 1.62 bits per heavy atom. The average Bonchev–Trinajstić information content (AvgIpc) is 2.57. The summed E-state index contributed by atoms with van der Waals surface area (Å²) < 4.78 is 13.2. The summed E-state index contributed by atoms with van der Waals surface area (Å²) in [5.74, 6) is -0.0145. The van der Waals surface area contributed by atoms with Crippen LogP contribution in [0, 0.1) is 12.7 Å². The molecule has 0 aromatic heterocycles. The smallest absolute Gasteiger partial charge is 0.233 e. The van der Waals surface area contributed by atoms with E-state index in [1.165, 1.54) is 23.3 Å². The predicted molar refractivity (Wildman–Crippen MR) is 95.6 cm³/mol. The number of halogens is 1. The lowest BCUT2D eigenvalue weighted by Gasteiger charge is -2.18. The molecule has 128 valence electrons. The first kappa shape index (κ1) is 18.1. The third kappa shape index (κ3) is 5.46. The maximum absolute atomic E-state index is 13.2. The Labute approximate surface area is 143 Å². The molecular weight excluding hydrogens is 303 g/mol. The van der Waals surface area contributed by atoms with Gasteiger partial charge in [0.1, 0.15) is 5.82 Å². The van der Waals surface area contributed by atoms with Gasteiger partial charge in [-0.3, -0.25) is 4.79 Å². The monoisotopic (exact) mass is 328 g/mol. The highest BCUT2D eigenvalue weighted by Gasteiger charge is 2.14. The lowest BCUT2D eigenvalue weighted by atomic mass is 9.87. The van der Waals surface area contributed by atoms with Gasteiger partial charge in [-0.15, -0.1) is 0 Å². The van der Waals surface area contributed by atoms with E-state index in [1.54, 1.807) is 7.05 Å². The van der Waals surface area contributed by atoms with Crippen molar-refractivity contribution in [2.45, 2.75) is 25.7 Å². The third-order valence-corrected chi connectivity index (χ3v) is 4.08. The topological polar surface area (TPSA) is 41.1 Å². The molecule has 1 unspecified atom stereocenters. The summed E-state index contributed by atoms with van der Waals surface area (Å²) in [5, 5.41) is 5.73. The van der Waals surface area contributed by atoms with Crippen LogP contribution in [0.2, 0.25) is 0 Å². The Morgan fingerprint density at radius 1 is 1.04 bits per heavy atom. The predicted octanol–water partition coefficient (Wildman–Crippen LogP) is 3.38. The number of nitrogens with one attached hydrogen (secondary N) is 2. The Balaban J connectivity index is 2.04. The molecule has 2 rings (SSSR count). The summed E-state index contributed by atoms with van der Waals surface area (Å²) >= 11 is 0. The van der Waals surface area contributed by atoms with Crippen LogP contribution in [0.25, 0.3) is 0 Å². The second-order valence-electron chi connectivity index (χ2n) is 6.04. The minimum absolute atomic E-state index is 0.00571. The second-order valence-corrected chi connectivity index (χ2v) is 6.04. The summed E-state index contributed by atoms with van der Waals surface area (Å²) in [6.45, 7) is 3.04. The molecule has 0 aliphatic carbocycles. The normalized spacial score (nSPS) is 12.0. The van der Waals surface area contributed by atoms with E-state index in [0.29, 0.717) is 13.1 Å². The Bertz CT molecular complexity index is 592. The molecule has 1 atom stereocenters. The van der Waals surface area contributed by atoms with Gasteiger partial charge < -0.3 is 10.6 Å². The number of benzene rings is 2. The van der Waals surface area contributed by atoms with Crippen LogP contribution in [0.3, 0.4) is 0 Å². The highest BCUT2D eigenvalue weighted by molar-refractivity contribution is 5.77. The molecule has 0 radical (unpaired) electrons. The fraction of sp³-hybridized carbons (Fsp3) is 0.350. The first-order chi connectivity index (χ1) is 11.6. The molecule has 3 nitrogen and oxygen atoms in total. The zero-order valence-electron chi connectivity index (χ0n) is 14.3. The van der Waals surface area contributed by atoms with E-state index in [-0.39, 0.29) is 17.6 Å². The average molecular weight is 328 g/mol. The first-order valence-corrected chi connectivity index (χ1v) is 8.33. The van der Waals surface area contributed by atoms with Crippen molar-refractivity contribution in [3.05, 3.63) is 71.0 Å². The molecule has 0 saturated heterocycles. The van der Waals surface area contributed by atoms with Crippen molar-refractivity contribution in [1.82, 2.24) is 10.6 Å². The summed E-state index contributed by atoms with van der Waals surface area (Å²) in [5.41, 5.74) is 3.53. The Hall–Kier alpha value is -2.20. The first-order valence-electron chi connectivity index (χ1n) is 8.33. The quantitative estimate of drug-likeness (QED) is 0.730. The zero-order chi connectivity index (χ0) is 17.4. The van der Waals surface area contributed by atoms with Crippen LogP contribution in [0.1, 0.15) is 35.4 Å². The highest BCUT2D eigenvalue weighted by Crippen LogP contribution is 2.29. The molecule has 2 N–H and O–H groups in total. The van der Waals surface area contributed by atoms with E-state index in [4.69, 9.17) is 0 Å². The lowest BCUT2D eigenvalue weighted by Crippen LogP contribution is -2.32. The van der Waals surface area contributed by atoms with Gasteiger partial charge in [0.05, 0.1) is 6.54 Å². The van der Waals surface area contributed by atoms with Crippen molar-refractivity contribution >= 4 is 5.91 Å². The minimum Gasteiger partial charge on any atom is -0.355 e. The Morgan fingerprint density at radius 3 is 2.21 bits per heavy atom. The van der Waals surface area contributed by atoms with Crippen molar-refractivity contribution < 1.29 is 9.18 Å². The van der Waals surface area contributed by atoms with Crippen LogP contribution in [0.5, 0.6) is 0 Å². The highest BCUT2D eigenvalue weighted by atomic mass is 19.1. The fourth-order valence-corrected chi connectivity index (χ4v) is 2.78. The third-order valence-electron chi connectivity index (χ3n) is 4.08. The van der Waals surface area contributed by atoms with E-state index in [1.807, 2.05) is 12.1 Å². The van der Waals surface area contributed by atoms with Crippen LogP contribution in [-0.2, 0) is 4.79 Å². The lowest BCUT2D eigenvalue weighted by molar-refractivity contribution is -0.120. The van der Waals surface area contributed by atoms with Crippen LogP contribution in [0.4, 0.5) is 4.39 Å². The second kappa shape index (κ2) is 9.18. The maximum atomic E-state index is 13.2. The van der Waals surface area contributed by atoms with Crippen LogP contribution >= 0.6 is 0 Å². The van der Waals surface area contributed by atoms with E-state index in [0.717, 1.165) is 18.4 Å². The van der Waals surface area contributed by atoms with Crippen molar-refractivity contribution in [3.63, 3.8) is 0 Å². The fourth-order valence-electron chi connectivity index (χ4n) is 2.78. The van der Waals surface area contributed by atoms with Gasteiger partial charge in [0.25, 0.3) is 0 Å². The van der Waals surface area contributed by atoms with Gasteiger partial charge >= 0.3 is 0 Å². The molecule has 0 heterocycles. The van der Waals surface area contributed by atoms with Gasteiger partial charge in [-0.1, -0.05) is 42.0 Å². The van der Waals surface area contributed by atoms with E-state index >= 15 is 0 Å². The molecule has 0 bridgehead atoms. The molecule has 0 aliphatic heterocycles. The number of hydrogen-bond acceptors (Lipinski definition) is 2. The van der Waals surface area contributed by atoms with Crippen LogP contribution < -0.4 is 10.6 Å². The summed E-state index contributed by atoms with van der Waals surface area (Å²) in [6.07, 6.45) is 1.76. The summed E-state index contributed by atoms with van der Waals surface area (Å²) in [4.78, 5) is 11.5. The molecule has 2 aromatic rings. The number of hydrogen-bond donors (Lipinski definition) is 2. The maximum Gasteiger partial charge on any atom is 0.233 e. The molecular formula is C20H25FN2O. The number of amides is 1. The molecule has 0 saturated carbocycles. The standard InChI is InChI=1S/C20H25FN2O/c1-15-5-7-16(8-6-15)19(17-9-11-18(21)12-10-17)4-3-13-23-20(24)14-22-2/h5-12,19,22H,3-4,13-14H2,1-2H3,(H,23,24). The zero-order valence-corrected chi connectivity index (χ0v) is 14.3. The van der Waals surface area contributed by atoms with Gasteiger partial charge in [0.2, 0.25) is 5.91 Å². The molecule has 24 heavy (non-hydrogen) atoms. The summed E-state index contributed by atoms with van der Waals surface area (Å²) in [7, 11) is 1.75. The van der Waals surface area contributed by atoms with Gasteiger partial charge in [-0.2, -0.15) is 0 Å². The van der Waals surface area contributed by atoms with Gasteiger partial charge in [0.15, 0.2) is 0 Å². The molecule has 0 spiro atoms. The Kier molecular flexibility index (Phi) is 6.94. The van der Waals surface area contributed by atoms with Crippen LogP contribution in [0.15, 0.2) is 48.5 Å². The largest absolute Gasteiger partial charge is 0.355 e. The number of likely N-dealkylation sites (N-methyl/N-ethyl adjacent to an activating group) is 1. The molecule has 1 amide bonds. The molecule has 4 heteroatoms. The molecule has 0 fully saturated rings. The van der Waals surface area contributed by atoms with Crippen molar-refractivity contribution in [3.8, 4) is 0 Å². The van der Waals surface area contributed by atoms with Gasteiger partial charge in [-0.25, -0.2) is 4.39 Å². The van der Waals surface area contributed by atoms with E-state index in [2.05, 4.69) is 41.8 Å². The van der Waals surface area contributed by atoms with Crippen molar-refractivity contribution in [2.75, 3.05) is 20.1 Å². The number of carbonyl (C=O) groups is 1. The minimum atomic E-state index is -0.222. The number of aryl methyl sites for hydroxylation is 1. The van der Waals surface area contributed by atoms with E-state index in [9.17, 15) is 9.18 Å². The van der Waals surface area contributed by atoms with E-state index < -0.39 is 0 Å². The SMILES string of the molecule is CNCC(=O)NCCCC(c1ccc(C)cc1)c1ccc(F)cc1. The molecule has 2 aromatic carbocycles. The van der Waals surface area contributed by atoms with Crippen LogP contribution in [-0.4, -0.2) is 26.0 Å². The molecule has 0 aliphatic rings.